The van der Waals surface area contributed by atoms with Crippen LogP contribution in [0.3, 0.4) is 0 Å². The fourth-order valence-electron chi connectivity index (χ4n) is 4.24. The molecule has 7 nitrogen and oxygen atoms in total. The van der Waals surface area contributed by atoms with E-state index in [2.05, 4.69) is 39.8 Å². The van der Waals surface area contributed by atoms with Gasteiger partial charge in [0.1, 0.15) is 12.1 Å². The lowest BCUT2D eigenvalue weighted by molar-refractivity contribution is -0.135. The van der Waals surface area contributed by atoms with Gasteiger partial charge in [0.15, 0.2) is 0 Å². The first-order chi connectivity index (χ1) is 15.5. The van der Waals surface area contributed by atoms with E-state index in [1.165, 1.54) is 9.79 Å². The molecule has 4 amide bonds. The first-order valence-electron chi connectivity index (χ1n) is 11.0. The number of nitrogens with zero attached hydrogens (tertiary/aromatic N) is 2. The second kappa shape index (κ2) is 9.24. The van der Waals surface area contributed by atoms with Crippen LogP contribution in [0, 0.1) is 0 Å². The van der Waals surface area contributed by atoms with Crippen molar-refractivity contribution in [2.24, 2.45) is 0 Å². The van der Waals surface area contributed by atoms with Gasteiger partial charge in [0, 0.05) is 22.9 Å². The van der Waals surface area contributed by atoms with Crippen molar-refractivity contribution in [1.29, 1.82) is 0 Å². The number of hydrogen-bond donors (Lipinski definition) is 2. The Labute approximate surface area is 192 Å². The normalized spacial score (nSPS) is 16.4. The van der Waals surface area contributed by atoms with E-state index in [1.807, 2.05) is 38.1 Å². The number of nitrogens with one attached hydrogen (secondary N) is 2. The Bertz CT molecular complexity index is 992. The van der Waals surface area contributed by atoms with Crippen molar-refractivity contribution in [2.45, 2.75) is 48.4 Å². The zero-order valence-corrected chi connectivity index (χ0v) is 19.2. The number of carbonyl (C=O) groups is 3. The van der Waals surface area contributed by atoms with Gasteiger partial charge in [0.05, 0.1) is 11.4 Å². The fourth-order valence-corrected chi connectivity index (χ4v) is 5.33. The fraction of sp³-hybridized carbons (Fsp3) is 0.375. The summed E-state index contributed by atoms with van der Waals surface area (Å²) in [6.45, 7) is 4.68. The molecule has 2 aliphatic rings. The maximum absolute atomic E-state index is 12.7. The van der Waals surface area contributed by atoms with Crippen molar-refractivity contribution in [3.05, 3.63) is 48.5 Å². The molecule has 0 radical (unpaired) electrons. The number of amides is 4. The highest BCUT2D eigenvalue weighted by molar-refractivity contribution is 7.99. The van der Waals surface area contributed by atoms with E-state index >= 15 is 0 Å². The molecular formula is C24H28N4O3S. The molecule has 0 aromatic heterocycles. The topological polar surface area (TPSA) is 81.8 Å². The molecule has 0 bridgehead atoms. The maximum Gasteiger partial charge on any atom is 0.325 e. The minimum atomic E-state index is -0.885. The van der Waals surface area contributed by atoms with E-state index in [0.29, 0.717) is 19.4 Å². The van der Waals surface area contributed by atoms with Crippen LogP contribution < -0.4 is 15.5 Å². The molecule has 8 heteroatoms. The van der Waals surface area contributed by atoms with Gasteiger partial charge in [-0.25, -0.2) is 4.79 Å². The average Bonchev–Trinajstić information content (AvgIpc) is 3.05. The van der Waals surface area contributed by atoms with Crippen LogP contribution in [-0.4, -0.2) is 47.9 Å². The summed E-state index contributed by atoms with van der Waals surface area (Å²) in [5.74, 6) is -0.645. The van der Waals surface area contributed by atoms with Gasteiger partial charge in [-0.05, 0) is 43.5 Å². The van der Waals surface area contributed by atoms with Gasteiger partial charge >= 0.3 is 6.03 Å². The molecule has 2 heterocycles. The van der Waals surface area contributed by atoms with E-state index in [9.17, 15) is 14.4 Å². The van der Waals surface area contributed by atoms with Crippen LogP contribution in [0.15, 0.2) is 58.3 Å². The van der Waals surface area contributed by atoms with Gasteiger partial charge in [0.25, 0.3) is 5.91 Å². The van der Waals surface area contributed by atoms with Gasteiger partial charge in [0.2, 0.25) is 5.91 Å². The summed E-state index contributed by atoms with van der Waals surface area (Å²) in [6.07, 6.45) is 1.74. The standard InChI is InChI=1S/C24H28N4O3S/c1-3-24(4-2)22(30)28(23(31)26-24)16-21(29)25-14-9-15-27-17-10-5-7-12-19(17)32-20-13-8-6-11-18(20)27/h5-8,10-13H,3-4,9,14-16H2,1-2H3,(H,25,29)(H,26,31). The van der Waals surface area contributed by atoms with Crippen molar-refractivity contribution in [1.82, 2.24) is 15.5 Å². The summed E-state index contributed by atoms with van der Waals surface area (Å²) in [4.78, 5) is 43.0. The molecule has 4 rings (SSSR count). The van der Waals surface area contributed by atoms with Crippen molar-refractivity contribution in [3.63, 3.8) is 0 Å². The van der Waals surface area contributed by atoms with Crippen LogP contribution in [0.2, 0.25) is 0 Å². The van der Waals surface area contributed by atoms with Gasteiger partial charge in [-0.2, -0.15) is 0 Å². The third-order valence-electron chi connectivity index (χ3n) is 6.17. The zero-order valence-electron chi connectivity index (χ0n) is 18.4. The van der Waals surface area contributed by atoms with Crippen molar-refractivity contribution in [3.8, 4) is 0 Å². The van der Waals surface area contributed by atoms with E-state index < -0.39 is 11.6 Å². The van der Waals surface area contributed by atoms with Crippen LogP contribution >= 0.6 is 11.8 Å². The molecule has 2 N–H and O–H groups in total. The van der Waals surface area contributed by atoms with Crippen molar-refractivity contribution in [2.75, 3.05) is 24.5 Å². The summed E-state index contributed by atoms with van der Waals surface area (Å²) >= 11 is 1.77. The highest BCUT2D eigenvalue weighted by Gasteiger charge is 2.49. The van der Waals surface area contributed by atoms with Crippen LogP contribution in [0.1, 0.15) is 33.1 Å². The lowest BCUT2D eigenvalue weighted by Crippen LogP contribution is -2.46. The third kappa shape index (κ3) is 4.07. The quantitative estimate of drug-likeness (QED) is 0.469. The molecule has 2 aromatic carbocycles. The summed E-state index contributed by atoms with van der Waals surface area (Å²) < 4.78 is 0. The Morgan fingerprint density at radius 2 is 1.56 bits per heavy atom. The minimum absolute atomic E-state index is 0.252. The zero-order chi connectivity index (χ0) is 22.7. The third-order valence-corrected chi connectivity index (χ3v) is 7.30. The number of imide groups is 1. The number of hydrogen-bond acceptors (Lipinski definition) is 5. The number of carbonyl (C=O) groups excluding carboxylic acids is 3. The average molecular weight is 453 g/mol. The smallest absolute Gasteiger partial charge is 0.325 e. The monoisotopic (exact) mass is 452 g/mol. The van der Waals surface area contributed by atoms with Crippen LogP contribution in [-0.2, 0) is 9.59 Å². The molecular weight excluding hydrogens is 424 g/mol. The van der Waals surface area contributed by atoms with E-state index in [4.69, 9.17) is 0 Å². The largest absolute Gasteiger partial charge is 0.354 e. The molecule has 0 saturated carbocycles. The van der Waals surface area contributed by atoms with Crippen LogP contribution in [0.25, 0.3) is 0 Å². The molecule has 168 valence electrons. The van der Waals surface area contributed by atoms with Gasteiger partial charge in [-0.3, -0.25) is 14.5 Å². The highest BCUT2D eigenvalue weighted by Crippen LogP contribution is 2.47. The van der Waals surface area contributed by atoms with Gasteiger partial charge < -0.3 is 15.5 Å². The van der Waals surface area contributed by atoms with E-state index in [0.717, 1.165) is 29.2 Å². The molecule has 2 aromatic rings. The number of benzene rings is 2. The van der Waals surface area contributed by atoms with Gasteiger partial charge in [-0.15, -0.1) is 0 Å². The first kappa shape index (κ1) is 22.2. The molecule has 1 saturated heterocycles. The van der Waals surface area contributed by atoms with Crippen LogP contribution in [0.4, 0.5) is 16.2 Å². The van der Waals surface area contributed by atoms with Crippen LogP contribution in [0.5, 0.6) is 0 Å². The lowest BCUT2D eigenvalue weighted by Gasteiger charge is -2.32. The predicted molar refractivity (Wildman–Crippen MR) is 125 cm³/mol. The summed E-state index contributed by atoms with van der Waals surface area (Å²) in [5.41, 5.74) is 1.44. The van der Waals surface area contributed by atoms with E-state index in [-0.39, 0.29) is 18.4 Å². The molecule has 1 fully saturated rings. The van der Waals surface area contributed by atoms with Gasteiger partial charge in [-0.1, -0.05) is 49.9 Å². The Kier molecular flexibility index (Phi) is 6.41. The molecule has 2 aliphatic heterocycles. The summed E-state index contributed by atoms with van der Waals surface area (Å²) in [7, 11) is 0. The number of anilines is 2. The summed E-state index contributed by atoms with van der Waals surface area (Å²) in [6, 6.07) is 16.1. The highest BCUT2D eigenvalue weighted by atomic mass is 32.2. The first-order valence-corrected chi connectivity index (χ1v) is 11.8. The number of fused-ring (bicyclic) bond motifs is 2. The Morgan fingerprint density at radius 3 is 2.12 bits per heavy atom. The molecule has 32 heavy (non-hydrogen) atoms. The number of para-hydroxylation sites is 2. The Hall–Kier alpha value is -3.00. The lowest BCUT2D eigenvalue weighted by atomic mass is 9.93. The molecule has 0 spiro atoms. The second-order valence-electron chi connectivity index (χ2n) is 8.00. The van der Waals surface area contributed by atoms with Crippen molar-refractivity contribution < 1.29 is 14.4 Å². The Morgan fingerprint density at radius 1 is 0.969 bits per heavy atom. The predicted octanol–water partition coefficient (Wildman–Crippen LogP) is 3.91. The minimum Gasteiger partial charge on any atom is -0.354 e. The number of rotatable bonds is 8. The summed E-state index contributed by atoms with van der Waals surface area (Å²) in [5, 5.41) is 5.61. The molecule has 0 unspecified atom stereocenters. The SMILES string of the molecule is CCC1(CC)NC(=O)N(CC(=O)NCCCN2c3ccccc3Sc3ccccc32)C1=O. The molecule has 0 aliphatic carbocycles. The molecule has 0 atom stereocenters. The van der Waals surface area contributed by atoms with Crippen molar-refractivity contribution >= 4 is 41.0 Å². The second-order valence-corrected chi connectivity index (χ2v) is 9.09. The number of urea groups is 1. The maximum atomic E-state index is 12.7. The van der Waals surface area contributed by atoms with E-state index in [1.54, 1.807) is 11.8 Å². The Balaban J connectivity index is 1.33.